The summed E-state index contributed by atoms with van der Waals surface area (Å²) >= 11 is 0. The van der Waals surface area contributed by atoms with Crippen LogP contribution in [0.1, 0.15) is 22.0 Å². The van der Waals surface area contributed by atoms with Gasteiger partial charge in [-0.25, -0.2) is 0 Å². The van der Waals surface area contributed by atoms with Crippen molar-refractivity contribution >= 4 is 5.78 Å². The predicted molar refractivity (Wildman–Crippen MR) is 74.5 cm³/mol. The Labute approximate surface area is 121 Å². The van der Waals surface area contributed by atoms with Crippen LogP contribution in [-0.2, 0) is 0 Å². The first kappa shape index (κ1) is 13.5. The van der Waals surface area contributed by atoms with Crippen LogP contribution in [0, 0.1) is 5.92 Å². The van der Waals surface area contributed by atoms with Gasteiger partial charge in [-0.15, -0.1) is 0 Å². The van der Waals surface area contributed by atoms with Crippen LogP contribution in [0.25, 0.3) is 0 Å². The topological polar surface area (TPSA) is 87.0 Å². The zero-order valence-corrected chi connectivity index (χ0v) is 11.1. The molecule has 108 valence electrons. The van der Waals surface area contributed by atoms with E-state index in [0.717, 1.165) is 0 Å². The third-order valence-corrected chi connectivity index (χ3v) is 3.58. The Morgan fingerprint density at radius 2 is 1.86 bits per heavy atom. The van der Waals surface area contributed by atoms with Crippen molar-refractivity contribution in [3.05, 3.63) is 53.6 Å². The number of aromatic hydroxyl groups is 2. The van der Waals surface area contributed by atoms with E-state index < -0.39 is 12.0 Å². The molecule has 5 heteroatoms. The van der Waals surface area contributed by atoms with Gasteiger partial charge < -0.3 is 20.1 Å². The van der Waals surface area contributed by atoms with Crippen molar-refractivity contribution in [1.29, 1.82) is 0 Å². The van der Waals surface area contributed by atoms with Crippen molar-refractivity contribution in [3.63, 3.8) is 0 Å². The molecule has 0 amide bonds. The van der Waals surface area contributed by atoms with Gasteiger partial charge in [-0.05, 0) is 30.3 Å². The quantitative estimate of drug-likeness (QED) is 0.735. The minimum Gasteiger partial charge on any atom is -0.508 e. The van der Waals surface area contributed by atoms with Crippen molar-refractivity contribution in [3.8, 4) is 17.2 Å². The smallest absolute Gasteiger partial charge is 0.172 e. The number of Topliss-reactive ketones (excluding diaryl/α,β-unsaturated/α-hetero) is 1. The largest absolute Gasteiger partial charge is 0.508 e. The first-order valence-electron chi connectivity index (χ1n) is 6.53. The van der Waals surface area contributed by atoms with E-state index in [4.69, 9.17) is 4.74 Å². The average Bonchev–Trinajstić information content (AvgIpc) is 2.47. The summed E-state index contributed by atoms with van der Waals surface area (Å²) < 4.78 is 5.48. The fourth-order valence-electron chi connectivity index (χ4n) is 2.48. The van der Waals surface area contributed by atoms with Gasteiger partial charge in [-0.3, -0.25) is 4.79 Å². The molecule has 5 nitrogen and oxygen atoms in total. The Balaban J connectivity index is 1.92. The van der Waals surface area contributed by atoms with Crippen molar-refractivity contribution in [2.45, 2.75) is 6.10 Å². The highest BCUT2D eigenvalue weighted by Crippen LogP contribution is 2.38. The van der Waals surface area contributed by atoms with Crippen LogP contribution in [0.5, 0.6) is 17.2 Å². The maximum absolute atomic E-state index is 12.4. The molecule has 21 heavy (non-hydrogen) atoms. The van der Waals surface area contributed by atoms with Crippen LogP contribution in [-0.4, -0.2) is 27.7 Å². The molecular formula is C16H14O5. The van der Waals surface area contributed by atoms with E-state index in [1.54, 1.807) is 18.2 Å². The van der Waals surface area contributed by atoms with Gasteiger partial charge in [-0.1, -0.05) is 12.1 Å². The lowest BCUT2D eigenvalue weighted by atomic mass is 9.87. The number of rotatable bonds is 2. The summed E-state index contributed by atoms with van der Waals surface area (Å²) in [6.07, 6.45) is -1.06. The molecular weight excluding hydrogens is 272 g/mol. The van der Waals surface area contributed by atoms with Crippen molar-refractivity contribution in [2.24, 2.45) is 5.92 Å². The van der Waals surface area contributed by atoms with Gasteiger partial charge in [-0.2, -0.15) is 0 Å². The highest BCUT2D eigenvalue weighted by atomic mass is 16.5. The third-order valence-electron chi connectivity index (χ3n) is 3.58. The van der Waals surface area contributed by atoms with E-state index in [1.807, 2.05) is 0 Å². The van der Waals surface area contributed by atoms with Gasteiger partial charge in [0, 0.05) is 11.1 Å². The molecule has 2 atom stereocenters. The Morgan fingerprint density at radius 3 is 2.62 bits per heavy atom. The molecule has 0 bridgehead atoms. The number of carbonyl (C=O) groups is 1. The average molecular weight is 286 g/mol. The molecule has 0 radical (unpaired) electrons. The number of aliphatic hydroxyl groups is 1. The Kier molecular flexibility index (Phi) is 3.27. The molecule has 0 saturated heterocycles. The second-order valence-electron chi connectivity index (χ2n) is 5.00. The first-order valence-corrected chi connectivity index (χ1v) is 6.53. The number of phenols is 2. The van der Waals surface area contributed by atoms with Gasteiger partial charge >= 0.3 is 0 Å². The number of ether oxygens (including phenoxy) is 1. The molecule has 0 aromatic heterocycles. The zero-order valence-electron chi connectivity index (χ0n) is 11.1. The summed E-state index contributed by atoms with van der Waals surface area (Å²) in [6.45, 7) is 0.0490. The van der Waals surface area contributed by atoms with Gasteiger partial charge in [0.05, 0.1) is 12.0 Å². The molecule has 2 unspecified atom stereocenters. The maximum Gasteiger partial charge on any atom is 0.172 e. The number of carbonyl (C=O) groups excluding carboxylic acids is 1. The number of phenolic OH excluding ortho intramolecular Hbond substituents is 2. The molecule has 2 aromatic rings. The van der Waals surface area contributed by atoms with Gasteiger partial charge in [0.25, 0.3) is 0 Å². The summed E-state index contributed by atoms with van der Waals surface area (Å²) in [5.74, 6) is -0.638. The Morgan fingerprint density at radius 1 is 1.10 bits per heavy atom. The highest BCUT2D eigenvalue weighted by Gasteiger charge is 2.35. The summed E-state index contributed by atoms with van der Waals surface area (Å²) in [5, 5.41) is 29.3. The standard InChI is InChI=1S/C16H14O5/c17-10-3-1-2-9(6-10)15(19)13-8-21-14-5-4-11(18)7-12(14)16(13)20/h1-7,13,16-18,20H,8H2. The van der Waals surface area contributed by atoms with Crippen LogP contribution < -0.4 is 4.74 Å². The van der Waals surface area contributed by atoms with E-state index in [-0.39, 0.29) is 23.9 Å². The van der Waals surface area contributed by atoms with Crippen molar-refractivity contribution < 1.29 is 24.9 Å². The summed E-state index contributed by atoms with van der Waals surface area (Å²) in [5.41, 5.74) is 0.700. The second-order valence-corrected chi connectivity index (χ2v) is 5.00. The van der Waals surface area contributed by atoms with E-state index in [0.29, 0.717) is 16.9 Å². The molecule has 0 fully saturated rings. The van der Waals surface area contributed by atoms with Crippen LogP contribution in [0.2, 0.25) is 0 Å². The summed E-state index contributed by atoms with van der Waals surface area (Å²) in [6, 6.07) is 10.4. The highest BCUT2D eigenvalue weighted by molar-refractivity contribution is 5.99. The number of fused-ring (bicyclic) bond motifs is 1. The van der Waals surface area contributed by atoms with Crippen molar-refractivity contribution in [1.82, 2.24) is 0 Å². The molecule has 3 N–H and O–H groups in total. The summed E-state index contributed by atoms with van der Waals surface area (Å²) in [7, 11) is 0. The molecule has 3 rings (SSSR count). The fraction of sp³-hybridized carbons (Fsp3) is 0.188. The van der Waals surface area contributed by atoms with Gasteiger partial charge in [0.2, 0.25) is 0 Å². The maximum atomic E-state index is 12.4. The van der Waals surface area contributed by atoms with Gasteiger partial charge in [0.1, 0.15) is 23.9 Å². The molecule has 1 aliphatic rings. The van der Waals surface area contributed by atoms with E-state index in [2.05, 4.69) is 0 Å². The lowest BCUT2D eigenvalue weighted by molar-refractivity contribution is 0.0416. The minimum absolute atomic E-state index is 0.00172. The van der Waals surface area contributed by atoms with E-state index >= 15 is 0 Å². The SMILES string of the molecule is O=C(c1cccc(O)c1)C1COc2ccc(O)cc2C1O. The Hall–Kier alpha value is -2.53. The monoisotopic (exact) mass is 286 g/mol. The molecule has 0 aliphatic carbocycles. The third kappa shape index (κ3) is 2.43. The molecule has 1 heterocycles. The fourth-order valence-corrected chi connectivity index (χ4v) is 2.48. The van der Waals surface area contributed by atoms with E-state index in [1.165, 1.54) is 24.3 Å². The Bertz CT molecular complexity index is 695. The number of benzene rings is 2. The molecule has 1 aliphatic heterocycles. The molecule has 0 spiro atoms. The molecule has 2 aromatic carbocycles. The summed E-state index contributed by atoms with van der Waals surface area (Å²) in [4.78, 5) is 12.4. The van der Waals surface area contributed by atoms with Crippen LogP contribution in [0.4, 0.5) is 0 Å². The lowest BCUT2D eigenvalue weighted by Gasteiger charge is -2.29. The van der Waals surface area contributed by atoms with Crippen LogP contribution in [0.3, 0.4) is 0 Å². The van der Waals surface area contributed by atoms with Crippen LogP contribution >= 0.6 is 0 Å². The van der Waals surface area contributed by atoms with E-state index in [9.17, 15) is 20.1 Å². The zero-order chi connectivity index (χ0) is 15.0. The lowest BCUT2D eigenvalue weighted by Crippen LogP contribution is -2.32. The number of hydrogen-bond donors (Lipinski definition) is 3. The molecule has 0 saturated carbocycles. The van der Waals surface area contributed by atoms with Gasteiger partial charge in [0.15, 0.2) is 5.78 Å². The second kappa shape index (κ2) is 5.10. The number of aliphatic hydroxyl groups excluding tert-OH is 1. The minimum atomic E-state index is -1.06. The predicted octanol–water partition coefficient (Wildman–Crippen LogP) is 2.02. The van der Waals surface area contributed by atoms with Crippen LogP contribution in [0.15, 0.2) is 42.5 Å². The van der Waals surface area contributed by atoms with Crippen molar-refractivity contribution in [2.75, 3.05) is 6.61 Å². The normalized spacial score (nSPS) is 20.4. The first-order chi connectivity index (χ1) is 10.1. The number of hydrogen-bond acceptors (Lipinski definition) is 5. The number of ketones is 1.